The van der Waals surface area contributed by atoms with Gasteiger partial charge >= 0.3 is 0 Å². The number of fused-ring (bicyclic) bond motifs is 6. The number of aliphatic hydroxyl groups is 1. The van der Waals surface area contributed by atoms with Crippen LogP contribution in [0, 0.1) is 0 Å². The molecule has 0 fully saturated rings. The third-order valence-corrected chi connectivity index (χ3v) is 13.9. The van der Waals surface area contributed by atoms with Crippen LogP contribution in [0.25, 0.3) is 123 Å². The van der Waals surface area contributed by atoms with Crippen molar-refractivity contribution in [2.24, 2.45) is 0 Å². The van der Waals surface area contributed by atoms with E-state index in [0.717, 1.165) is 131 Å². The topological polar surface area (TPSA) is 77.0 Å². The van der Waals surface area contributed by atoms with Gasteiger partial charge in [-0.1, -0.05) is 207 Å². The highest BCUT2D eigenvalue weighted by atomic mass is 16.3. The smallest absolute Gasteiger partial charge is 0.164 e. The van der Waals surface area contributed by atoms with E-state index in [9.17, 15) is 5.11 Å². The molecule has 9 aromatic carbocycles. The Morgan fingerprint density at radius 3 is 1.56 bits per heavy atom. The van der Waals surface area contributed by atoms with E-state index in [1.165, 1.54) is 0 Å². The van der Waals surface area contributed by atoms with Crippen molar-refractivity contribution in [2.45, 2.75) is 25.7 Å². The van der Waals surface area contributed by atoms with Crippen molar-refractivity contribution in [3.8, 4) is 73.0 Å². The first kappa shape index (κ1) is 46.4. The Hall–Kier alpha value is -9.65. The van der Waals surface area contributed by atoms with E-state index < -0.39 is 0 Å². The van der Waals surface area contributed by atoms with E-state index in [1.54, 1.807) is 18.2 Å². The normalized spacial score (nSPS) is 12.0. The first-order valence-corrected chi connectivity index (χ1v) is 25.6. The summed E-state index contributed by atoms with van der Waals surface area (Å²) in [7, 11) is 0. The zero-order valence-corrected chi connectivity index (χ0v) is 41.4. The Labute approximate surface area is 436 Å². The number of unbranched alkanes of at least 4 members (excludes halogenated alkanes) is 3. The zero-order valence-electron chi connectivity index (χ0n) is 41.4. The van der Waals surface area contributed by atoms with E-state index in [0.29, 0.717) is 17.5 Å². The lowest BCUT2D eigenvalue weighted by Crippen LogP contribution is -2.05. The minimum absolute atomic E-state index is 0.154. The van der Waals surface area contributed by atoms with E-state index in [4.69, 9.17) is 19.4 Å². The van der Waals surface area contributed by atoms with Gasteiger partial charge in [0.05, 0.1) is 16.7 Å². The molecule has 0 saturated heterocycles. The van der Waals surface area contributed by atoms with Gasteiger partial charge in [0.1, 0.15) is 16.9 Å². The maximum absolute atomic E-state index is 11.2. The van der Waals surface area contributed by atoms with E-state index in [2.05, 4.69) is 199 Å². The van der Waals surface area contributed by atoms with Crippen molar-refractivity contribution in [3.05, 3.63) is 261 Å². The lowest BCUT2D eigenvalue weighted by atomic mass is 9.92. The quantitative estimate of drug-likeness (QED) is 0.0629. The van der Waals surface area contributed by atoms with Gasteiger partial charge < -0.3 is 14.1 Å². The van der Waals surface area contributed by atoms with Gasteiger partial charge in [-0.2, -0.15) is 0 Å². The van der Waals surface area contributed by atoms with E-state index in [-0.39, 0.29) is 5.76 Å². The van der Waals surface area contributed by atoms with Gasteiger partial charge in [-0.05, 0) is 96.5 Å². The molecule has 0 saturated carbocycles. The van der Waals surface area contributed by atoms with Crippen LogP contribution in [0.15, 0.2) is 259 Å². The van der Waals surface area contributed by atoms with E-state index in [1.807, 2.05) is 42.5 Å². The van der Waals surface area contributed by atoms with Crippen LogP contribution < -0.4 is 0 Å². The van der Waals surface area contributed by atoms with Gasteiger partial charge in [-0.3, -0.25) is 0 Å². The molecule has 360 valence electrons. The van der Waals surface area contributed by atoms with Crippen LogP contribution in [0.1, 0.15) is 31.5 Å². The maximum atomic E-state index is 11.2. The summed E-state index contributed by atoms with van der Waals surface area (Å²) < 4.78 is 8.91. The molecule has 12 rings (SSSR count). The predicted octanol–water partition coefficient (Wildman–Crippen LogP) is 18.6. The summed E-state index contributed by atoms with van der Waals surface area (Å²) in [6, 6.07) is 74.7. The molecule has 0 aliphatic heterocycles. The fourth-order valence-corrected chi connectivity index (χ4v) is 10.4. The molecule has 0 amide bonds. The van der Waals surface area contributed by atoms with Crippen molar-refractivity contribution in [1.29, 1.82) is 0 Å². The van der Waals surface area contributed by atoms with Crippen LogP contribution in [0.5, 0.6) is 0 Å². The Morgan fingerprint density at radius 1 is 0.467 bits per heavy atom. The number of allylic oxidation sites excluding steroid dienone is 5. The lowest BCUT2D eigenvalue weighted by molar-refractivity contribution is 0.429. The van der Waals surface area contributed by atoms with Crippen LogP contribution in [0.3, 0.4) is 0 Å². The van der Waals surface area contributed by atoms with Crippen LogP contribution in [-0.2, 0) is 0 Å². The molecule has 0 radical (unpaired) electrons. The zero-order chi connectivity index (χ0) is 50.5. The van der Waals surface area contributed by atoms with Gasteiger partial charge in [0.2, 0.25) is 0 Å². The SMILES string of the molecule is C=C/C=C\CCCC/C=C(O)\C=C\c1nc(-c2cc(-c3ccccc3)c(-n3c4c(-c5ccccc5)cccc4c4cccc(-c5ccccc5)c43)c(-c3ccccc3)c2)nc(-c2ccc3c(c2)oc2ccccc23)n1. The Balaban J connectivity index is 1.12. The minimum atomic E-state index is 0.154. The molecule has 3 heterocycles. The molecule has 3 aromatic heterocycles. The van der Waals surface area contributed by atoms with Crippen molar-refractivity contribution >= 4 is 49.8 Å². The highest BCUT2D eigenvalue weighted by Gasteiger charge is 2.26. The molecular weight excluding hydrogens is 917 g/mol. The number of furan rings is 1. The van der Waals surface area contributed by atoms with Gasteiger partial charge in [0.15, 0.2) is 17.5 Å². The summed E-state index contributed by atoms with van der Waals surface area (Å²) in [5, 5.41) is 15.5. The number of para-hydroxylation sites is 3. The first-order valence-electron chi connectivity index (χ1n) is 25.6. The number of nitrogens with zero attached hydrogens (tertiary/aromatic N) is 4. The van der Waals surface area contributed by atoms with Gasteiger partial charge in [0, 0.05) is 54.9 Å². The third kappa shape index (κ3) is 9.26. The molecule has 6 nitrogen and oxygen atoms in total. The monoisotopic (exact) mass is 968 g/mol. The Kier molecular flexibility index (Phi) is 12.9. The van der Waals surface area contributed by atoms with Gasteiger partial charge in [-0.25, -0.2) is 15.0 Å². The van der Waals surface area contributed by atoms with Crippen LogP contribution in [0.2, 0.25) is 0 Å². The van der Waals surface area contributed by atoms with Crippen molar-refractivity contribution < 1.29 is 9.52 Å². The molecular formula is C69H52N4O2. The second kappa shape index (κ2) is 20.8. The molecule has 0 bridgehead atoms. The second-order valence-corrected chi connectivity index (χ2v) is 18.7. The standard InChI is InChI=1S/C69H52N4O2/c1-2-3-4-5-6-7-20-33-53(74)41-43-64-70-68(51-40-42-57-56-34-21-22-39-62(56)75-63(57)46-51)72-69(71-64)52-44-60(49-29-16-10-17-30-49)67(61(45-52)50-31-18-11-19-32-50)73-65-54(47-25-12-8-13-26-47)35-23-37-58(65)59-38-24-36-55(66(59)73)48-27-14-9-15-28-48/h2-4,8-19,21-46,74H,1,5-7,20H2/b4-3-,43-41+,53-33+. The lowest BCUT2D eigenvalue weighted by Gasteiger charge is -2.22. The number of rotatable bonds is 15. The molecule has 0 aliphatic carbocycles. The number of aromatic nitrogens is 4. The first-order chi connectivity index (χ1) is 37.1. The van der Waals surface area contributed by atoms with Gasteiger partial charge in [-0.15, -0.1) is 0 Å². The maximum Gasteiger partial charge on any atom is 0.164 e. The highest BCUT2D eigenvalue weighted by Crippen LogP contribution is 2.48. The van der Waals surface area contributed by atoms with Crippen LogP contribution in [-0.4, -0.2) is 24.6 Å². The fraction of sp³-hybridized carbons (Fsp3) is 0.0580. The summed E-state index contributed by atoms with van der Waals surface area (Å²) in [5.74, 6) is 1.52. The summed E-state index contributed by atoms with van der Waals surface area (Å²) in [4.78, 5) is 15.6. The molecule has 6 heteroatoms. The average Bonchev–Trinajstić information content (AvgIpc) is 4.12. The number of benzene rings is 9. The molecule has 75 heavy (non-hydrogen) atoms. The summed E-state index contributed by atoms with van der Waals surface area (Å²) in [6.45, 7) is 3.76. The molecule has 12 aromatic rings. The van der Waals surface area contributed by atoms with E-state index >= 15 is 0 Å². The molecule has 0 atom stereocenters. The molecule has 1 N–H and O–H groups in total. The number of hydrogen-bond acceptors (Lipinski definition) is 5. The van der Waals surface area contributed by atoms with Crippen molar-refractivity contribution in [3.63, 3.8) is 0 Å². The molecule has 0 unspecified atom stereocenters. The largest absolute Gasteiger partial charge is 0.508 e. The van der Waals surface area contributed by atoms with Crippen molar-refractivity contribution in [2.75, 3.05) is 0 Å². The van der Waals surface area contributed by atoms with Crippen LogP contribution >= 0.6 is 0 Å². The average molecular weight is 969 g/mol. The fourth-order valence-electron chi connectivity index (χ4n) is 10.4. The third-order valence-electron chi connectivity index (χ3n) is 13.9. The minimum Gasteiger partial charge on any atom is -0.508 e. The second-order valence-electron chi connectivity index (χ2n) is 18.7. The summed E-state index contributed by atoms with van der Waals surface area (Å²) in [6.07, 6.45) is 14.8. The highest BCUT2D eigenvalue weighted by molar-refractivity contribution is 6.18. The predicted molar refractivity (Wildman–Crippen MR) is 312 cm³/mol. The number of hydrogen-bond donors (Lipinski definition) is 1. The van der Waals surface area contributed by atoms with Crippen molar-refractivity contribution in [1.82, 2.24) is 19.5 Å². The Bertz CT molecular complexity index is 3970. The Morgan fingerprint density at radius 2 is 0.973 bits per heavy atom. The molecule has 0 aliphatic rings. The molecule has 0 spiro atoms. The van der Waals surface area contributed by atoms with Gasteiger partial charge in [0.25, 0.3) is 0 Å². The van der Waals surface area contributed by atoms with Crippen LogP contribution in [0.4, 0.5) is 0 Å². The number of aliphatic hydroxyl groups excluding tert-OH is 1. The summed E-state index contributed by atoms with van der Waals surface area (Å²) >= 11 is 0. The summed E-state index contributed by atoms with van der Waals surface area (Å²) in [5.41, 5.74) is 15.0.